The molecule has 1 atom stereocenters. The van der Waals surface area contributed by atoms with Crippen molar-refractivity contribution >= 4 is 16.9 Å². The number of hydrogen-bond donors (Lipinski definition) is 1. The number of halogens is 2. The number of fused-ring (bicyclic) bond motifs is 1. The third-order valence-electron chi connectivity index (χ3n) is 5.72. The third kappa shape index (κ3) is 5.44. The standard InChI is InChI=1S/C22H29F2N3O4/c1-13(28)25-14(11-23)12-29-15-3-5-17(6-4-15)31-22-26-21-19(24)9-18(30-16-7-8-16)10-20(21)27(22)2/h9-10,14-17H,3-8,11-12H2,1-2H3,(H,25,28)/t14-,15?,17?/m0/s1. The van der Waals surface area contributed by atoms with Crippen LogP contribution < -0.4 is 14.8 Å². The fourth-order valence-corrected chi connectivity index (χ4v) is 3.88. The van der Waals surface area contributed by atoms with Crippen molar-refractivity contribution in [3.63, 3.8) is 0 Å². The smallest absolute Gasteiger partial charge is 0.297 e. The van der Waals surface area contributed by atoms with Gasteiger partial charge in [0, 0.05) is 26.1 Å². The fraction of sp³-hybridized carbons (Fsp3) is 0.636. The van der Waals surface area contributed by atoms with E-state index in [-0.39, 0.29) is 36.3 Å². The molecule has 170 valence electrons. The molecule has 2 aromatic rings. The lowest BCUT2D eigenvalue weighted by atomic mass is 9.95. The molecule has 0 bridgehead atoms. The van der Waals surface area contributed by atoms with Gasteiger partial charge in [0.25, 0.3) is 6.01 Å². The van der Waals surface area contributed by atoms with Crippen LogP contribution >= 0.6 is 0 Å². The summed E-state index contributed by atoms with van der Waals surface area (Å²) in [6, 6.07) is 2.95. The molecular weight excluding hydrogens is 408 g/mol. The number of nitrogens with zero attached hydrogens (tertiary/aromatic N) is 2. The molecule has 2 aliphatic rings. The number of nitrogens with one attached hydrogen (secondary N) is 1. The number of hydrogen-bond acceptors (Lipinski definition) is 5. The Morgan fingerprint density at radius 2 is 1.81 bits per heavy atom. The van der Waals surface area contributed by atoms with Gasteiger partial charge in [-0.05, 0) is 38.5 Å². The Hall–Kier alpha value is -2.42. The number of amides is 1. The van der Waals surface area contributed by atoms with Gasteiger partial charge in [-0.25, -0.2) is 8.78 Å². The van der Waals surface area contributed by atoms with E-state index >= 15 is 0 Å². The van der Waals surface area contributed by atoms with Gasteiger partial charge in [0.05, 0.1) is 30.4 Å². The summed E-state index contributed by atoms with van der Waals surface area (Å²) in [5, 5.41) is 2.54. The largest absolute Gasteiger partial charge is 0.490 e. The van der Waals surface area contributed by atoms with Crippen LogP contribution in [0.2, 0.25) is 0 Å². The first-order chi connectivity index (χ1) is 14.9. The lowest BCUT2D eigenvalue weighted by Crippen LogP contribution is -2.40. The number of carbonyl (C=O) groups is 1. The van der Waals surface area contributed by atoms with Gasteiger partial charge in [0.1, 0.15) is 24.0 Å². The third-order valence-corrected chi connectivity index (χ3v) is 5.72. The number of benzene rings is 1. The van der Waals surface area contributed by atoms with Crippen molar-refractivity contribution in [1.82, 2.24) is 14.9 Å². The second kappa shape index (κ2) is 9.38. The van der Waals surface area contributed by atoms with Crippen molar-refractivity contribution in [2.45, 2.75) is 69.8 Å². The van der Waals surface area contributed by atoms with Crippen LogP contribution in [0.25, 0.3) is 11.0 Å². The van der Waals surface area contributed by atoms with Crippen molar-refractivity contribution in [1.29, 1.82) is 0 Å². The number of carbonyl (C=O) groups excluding carboxylic acids is 1. The van der Waals surface area contributed by atoms with E-state index in [0.717, 1.165) is 38.5 Å². The maximum Gasteiger partial charge on any atom is 0.297 e. The molecule has 0 spiro atoms. The lowest BCUT2D eigenvalue weighted by molar-refractivity contribution is -0.120. The molecule has 1 N–H and O–H groups in total. The summed E-state index contributed by atoms with van der Waals surface area (Å²) in [5.41, 5.74) is 0.908. The molecule has 0 unspecified atom stereocenters. The van der Waals surface area contributed by atoms with Crippen molar-refractivity contribution in [3.05, 3.63) is 17.9 Å². The SMILES string of the molecule is CC(=O)N[C@@H](CF)COC1CCC(Oc2nc3c(F)cc(OC4CC4)cc3n2C)CC1. The molecule has 2 fully saturated rings. The van der Waals surface area contributed by atoms with E-state index in [1.807, 2.05) is 0 Å². The second-order valence-corrected chi connectivity index (χ2v) is 8.45. The van der Waals surface area contributed by atoms with E-state index in [1.54, 1.807) is 17.7 Å². The molecule has 4 rings (SSSR count). The highest BCUT2D eigenvalue weighted by atomic mass is 19.1. The van der Waals surface area contributed by atoms with Crippen LogP contribution in [0.3, 0.4) is 0 Å². The first-order valence-electron chi connectivity index (χ1n) is 10.9. The normalized spacial score (nSPS) is 22.3. The molecule has 1 aromatic carbocycles. The first kappa shape index (κ1) is 21.8. The quantitative estimate of drug-likeness (QED) is 0.651. The summed E-state index contributed by atoms with van der Waals surface area (Å²) in [4.78, 5) is 15.4. The molecule has 1 heterocycles. The Balaban J connectivity index is 1.32. The van der Waals surface area contributed by atoms with Crippen molar-refractivity contribution in [3.8, 4) is 11.8 Å². The monoisotopic (exact) mass is 437 g/mol. The Morgan fingerprint density at radius 1 is 1.16 bits per heavy atom. The number of aromatic nitrogens is 2. The molecule has 0 radical (unpaired) electrons. The maximum absolute atomic E-state index is 14.5. The zero-order valence-corrected chi connectivity index (χ0v) is 17.9. The van der Waals surface area contributed by atoms with Crippen LogP contribution in [0, 0.1) is 5.82 Å². The second-order valence-electron chi connectivity index (χ2n) is 8.45. The summed E-state index contributed by atoms with van der Waals surface area (Å²) < 4.78 is 46.8. The summed E-state index contributed by atoms with van der Waals surface area (Å²) in [6.07, 6.45) is 5.20. The maximum atomic E-state index is 14.5. The Morgan fingerprint density at radius 3 is 2.45 bits per heavy atom. The molecule has 1 amide bonds. The van der Waals surface area contributed by atoms with Crippen LogP contribution in [0.15, 0.2) is 12.1 Å². The lowest BCUT2D eigenvalue weighted by Gasteiger charge is -2.29. The highest BCUT2D eigenvalue weighted by molar-refractivity contribution is 5.79. The molecular formula is C22H29F2N3O4. The zero-order chi connectivity index (χ0) is 22.0. The average Bonchev–Trinajstić information content (AvgIpc) is 3.50. The highest BCUT2D eigenvalue weighted by Gasteiger charge is 2.27. The molecule has 9 heteroatoms. The minimum absolute atomic E-state index is 0.00248. The minimum Gasteiger partial charge on any atom is -0.490 e. The van der Waals surface area contributed by atoms with Crippen LogP contribution in [-0.4, -0.2) is 53.1 Å². The summed E-state index contributed by atoms with van der Waals surface area (Å²) in [5.74, 6) is -0.170. The van der Waals surface area contributed by atoms with E-state index < -0.39 is 18.5 Å². The van der Waals surface area contributed by atoms with E-state index in [9.17, 15) is 13.6 Å². The predicted octanol–water partition coefficient (Wildman–Crippen LogP) is 3.43. The molecule has 2 aliphatic carbocycles. The van der Waals surface area contributed by atoms with E-state index in [2.05, 4.69) is 10.3 Å². The number of imidazole rings is 1. The molecule has 0 saturated heterocycles. The van der Waals surface area contributed by atoms with Crippen LogP contribution in [0.1, 0.15) is 45.4 Å². The highest BCUT2D eigenvalue weighted by Crippen LogP contribution is 2.33. The topological polar surface area (TPSA) is 74.6 Å². The van der Waals surface area contributed by atoms with Crippen molar-refractivity contribution in [2.24, 2.45) is 7.05 Å². The van der Waals surface area contributed by atoms with Gasteiger partial charge in [0.2, 0.25) is 5.91 Å². The number of ether oxygens (including phenoxy) is 3. The zero-order valence-electron chi connectivity index (χ0n) is 17.9. The van der Waals surface area contributed by atoms with Gasteiger partial charge in [-0.15, -0.1) is 0 Å². The molecule has 1 aromatic heterocycles. The predicted molar refractivity (Wildman–Crippen MR) is 111 cm³/mol. The molecule has 0 aliphatic heterocycles. The van der Waals surface area contributed by atoms with E-state index in [1.165, 1.54) is 13.0 Å². The van der Waals surface area contributed by atoms with Gasteiger partial charge in [0.15, 0.2) is 5.82 Å². The van der Waals surface area contributed by atoms with E-state index in [0.29, 0.717) is 17.3 Å². The Kier molecular flexibility index (Phi) is 6.60. The summed E-state index contributed by atoms with van der Waals surface area (Å²) in [6.45, 7) is 0.857. The van der Waals surface area contributed by atoms with E-state index in [4.69, 9.17) is 14.2 Å². The first-order valence-corrected chi connectivity index (χ1v) is 10.9. The Bertz CT molecular complexity index is 923. The van der Waals surface area contributed by atoms with Gasteiger partial charge in [-0.1, -0.05) is 0 Å². The van der Waals surface area contributed by atoms with Crippen molar-refractivity contribution in [2.75, 3.05) is 13.3 Å². The fourth-order valence-electron chi connectivity index (χ4n) is 3.88. The number of rotatable bonds is 9. The number of alkyl halides is 1. The molecule has 31 heavy (non-hydrogen) atoms. The summed E-state index contributed by atoms with van der Waals surface area (Å²) >= 11 is 0. The minimum atomic E-state index is -0.658. The average molecular weight is 437 g/mol. The summed E-state index contributed by atoms with van der Waals surface area (Å²) in [7, 11) is 1.80. The Labute approximate surface area is 180 Å². The van der Waals surface area contributed by atoms with Crippen LogP contribution in [0.5, 0.6) is 11.8 Å². The van der Waals surface area contributed by atoms with Crippen molar-refractivity contribution < 1.29 is 27.8 Å². The van der Waals surface area contributed by atoms with Gasteiger partial charge in [-0.2, -0.15) is 4.98 Å². The molecule has 7 nitrogen and oxygen atoms in total. The van der Waals surface area contributed by atoms with Crippen LogP contribution in [-0.2, 0) is 16.6 Å². The van der Waals surface area contributed by atoms with Gasteiger partial charge < -0.3 is 19.5 Å². The number of aryl methyl sites for hydroxylation is 1. The van der Waals surface area contributed by atoms with Crippen LogP contribution in [0.4, 0.5) is 8.78 Å². The van der Waals surface area contributed by atoms with Gasteiger partial charge in [-0.3, -0.25) is 9.36 Å². The molecule has 2 saturated carbocycles. The van der Waals surface area contributed by atoms with Gasteiger partial charge >= 0.3 is 0 Å².